The second kappa shape index (κ2) is 9.23. The van der Waals surface area contributed by atoms with E-state index in [0.717, 1.165) is 12.8 Å². The SMILES string of the molecule is C=C1CCC(F)=CN1/C(=C\N)c1ncc(Cl)c(NC2CCCN(C(=O)CN)C2)n1. The third kappa shape index (κ3) is 4.86. The lowest BCUT2D eigenvalue weighted by atomic mass is 10.1. The Morgan fingerprint density at radius 1 is 1.48 bits per heavy atom. The Balaban J connectivity index is 1.81. The topological polar surface area (TPSA) is 113 Å². The fourth-order valence-electron chi connectivity index (χ4n) is 3.42. The van der Waals surface area contributed by atoms with Gasteiger partial charge in [0.05, 0.1) is 12.7 Å². The molecule has 1 saturated heterocycles. The molecule has 2 aliphatic rings. The van der Waals surface area contributed by atoms with E-state index in [2.05, 4.69) is 21.9 Å². The minimum Gasteiger partial charge on any atom is -0.403 e. The van der Waals surface area contributed by atoms with Gasteiger partial charge in [-0.05, 0) is 19.3 Å². The number of carbonyl (C=O) groups excluding carboxylic acids is 1. The van der Waals surface area contributed by atoms with Crippen LogP contribution in [0.25, 0.3) is 5.70 Å². The molecule has 1 atom stereocenters. The Labute approximate surface area is 174 Å². The van der Waals surface area contributed by atoms with Gasteiger partial charge in [-0.2, -0.15) is 0 Å². The van der Waals surface area contributed by atoms with Crippen LogP contribution in [0.4, 0.5) is 10.2 Å². The summed E-state index contributed by atoms with van der Waals surface area (Å²) >= 11 is 6.29. The second-order valence-corrected chi connectivity index (χ2v) is 7.39. The lowest BCUT2D eigenvalue weighted by molar-refractivity contribution is -0.130. The maximum atomic E-state index is 13.8. The first kappa shape index (κ1) is 21.1. The summed E-state index contributed by atoms with van der Waals surface area (Å²) in [6.45, 7) is 5.15. The fourth-order valence-corrected chi connectivity index (χ4v) is 3.56. The first-order chi connectivity index (χ1) is 13.9. The normalized spacial score (nSPS) is 20.5. The first-order valence-corrected chi connectivity index (χ1v) is 9.83. The van der Waals surface area contributed by atoms with Crippen molar-refractivity contribution in [2.45, 2.75) is 31.7 Å². The van der Waals surface area contributed by atoms with Gasteiger partial charge in [-0.25, -0.2) is 14.4 Å². The van der Waals surface area contributed by atoms with Crippen molar-refractivity contribution in [2.24, 2.45) is 11.5 Å². The number of nitrogens with two attached hydrogens (primary N) is 2. The number of likely N-dealkylation sites (tertiary alicyclic amines) is 1. The highest BCUT2D eigenvalue weighted by Crippen LogP contribution is 2.31. The molecule has 29 heavy (non-hydrogen) atoms. The largest absolute Gasteiger partial charge is 0.403 e. The number of anilines is 1. The van der Waals surface area contributed by atoms with Crippen LogP contribution in [-0.2, 0) is 4.79 Å². The number of rotatable bonds is 5. The maximum Gasteiger partial charge on any atom is 0.236 e. The molecule has 156 valence electrons. The van der Waals surface area contributed by atoms with Crippen LogP contribution in [0.1, 0.15) is 31.5 Å². The van der Waals surface area contributed by atoms with E-state index < -0.39 is 0 Å². The molecule has 0 radical (unpaired) electrons. The third-order valence-corrected chi connectivity index (χ3v) is 5.22. The quantitative estimate of drug-likeness (QED) is 0.667. The number of halogens is 2. The van der Waals surface area contributed by atoms with E-state index in [4.69, 9.17) is 23.1 Å². The lowest BCUT2D eigenvalue weighted by Gasteiger charge is -2.33. The van der Waals surface area contributed by atoms with Gasteiger partial charge in [0, 0.05) is 43.6 Å². The molecule has 0 aromatic carbocycles. The van der Waals surface area contributed by atoms with Crippen molar-refractivity contribution in [3.63, 3.8) is 0 Å². The molecule has 8 nitrogen and oxygen atoms in total. The van der Waals surface area contributed by atoms with Crippen molar-refractivity contribution in [2.75, 3.05) is 25.0 Å². The molecule has 0 aliphatic carbocycles. The molecule has 0 bridgehead atoms. The smallest absolute Gasteiger partial charge is 0.236 e. The number of aromatic nitrogens is 2. The zero-order valence-electron chi connectivity index (χ0n) is 16.1. The Hall–Kier alpha value is -2.65. The highest BCUT2D eigenvalue weighted by Gasteiger charge is 2.25. The number of nitrogens with one attached hydrogen (secondary N) is 1. The van der Waals surface area contributed by atoms with Crippen LogP contribution in [0, 0.1) is 0 Å². The van der Waals surface area contributed by atoms with Gasteiger partial charge in [0.2, 0.25) is 5.91 Å². The zero-order chi connectivity index (χ0) is 21.0. The number of piperidine rings is 1. The summed E-state index contributed by atoms with van der Waals surface area (Å²) in [7, 11) is 0. The molecular weight excluding hydrogens is 397 g/mol. The van der Waals surface area contributed by atoms with Crippen molar-refractivity contribution in [3.05, 3.63) is 47.5 Å². The zero-order valence-corrected chi connectivity index (χ0v) is 16.8. The Morgan fingerprint density at radius 3 is 3.00 bits per heavy atom. The summed E-state index contributed by atoms with van der Waals surface area (Å²) < 4.78 is 13.8. The number of nitrogens with zero attached hydrogens (tertiary/aromatic N) is 4. The standard InChI is InChI=1S/C19H25ClFN7O/c1-12-4-5-13(21)10-28(12)16(7-22)19-24-9-15(20)18(26-19)25-14-3-2-6-27(11-14)17(29)8-23/h7,9-10,14H,1-6,8,11,22-23H2,(H,24,25,26)/b16-7-. The minimum atomic E-state index is -0.268. The molecule has 1 fully saturated rings. The summed E-state index contributed by atoms with van der Waals surface area (Å²) in [4.78, 5) is 23.9. The van der Waals surface area contributed by atoms with E-state index in [1.807, 2.05) is 0 Å². The number of hydrogen-bond acceptors (Lipinski definition) is 7. The Bertz CT molecular complexity index is 857. The predicted molar refractivity (Wildman–Crippen MR) is 111 cm³/mol. The van der Waals surface area contributed by atoms with Crippen LogP contribution in [0.2, 0.25) is 5.02 Å². The van der Waals surface area contributed by atoms with E-state index in [9.17, 15) is 9.18 Å². The van der Waals surface area contributed by atoms with E-state index in [-0.39, 0.29) is 30.1 Å². The first-order valence-electron chi connectivity index (χ1n) is 9.45. The van der Waals surface area contributed by atoms with Crippen LogP contribution in [0.15, 0.2) is 36.7 Å². The van der Waals surface area contributed by atoms with Gasteiger partial charge < -0.3 is 26.6 Å². The molecule has 1 aromatic rings. The minimum absolute atomic E-state index is 0.0143. The maximum absolute atomic E-state index is 13.8. The van der Waals surface area contributed by atoms with Crippen LogP contribution in [-0.4, -0.2) is 51.4 Å². The molecule has 2 aliphatic heterocycles. The number of amides is 1. The van der Waals surface area contributed by atoms with Crippen LogP contribution in [0.3, 0.4) is 0 Å². The highest BCUT2D eigenvalue weighted by molar-refractivity contribution is 6.32. The lowest BCUT2D eigenvalue weighted by Crippen LogP contribution is -2.47. The Kier molecular flexibility index (Phi) is 6.71. The fraction of sp³-hybridized carbons (Fsp3) is 0.421. The van der Waals surface area contributed by atoms with Crippen LogP contribution < -0.4 is 16.8 Å². The molecule has 1 aromatic heterocycles. The number of hydrogen-bond donors (Lipinski definition) is 3. The van der Waals surface area contributed by atoms with Gasteiger partial charge in [-0.1, -0.05) is 18.2 Å². The highest BCUT2D eigenvalue weighted by atomic mass is 35.5. The van der Waals surface area contributed by atoms with Crippen molar-refractivity contribution in [1.29, 1.82) is 0 Å². The van der Waals surface area contributed by atoms with Gasteiger partial charge in [-0.3, -0.25) is 4.79 Å². The van der Waals surface area contributed by atoms with E-state index in [0.29, 0.717) is 48.2 Å². The summed E-state index contributed by atoms with van der Waals surface area (Å²) in [6.07, 6.45) is 6.62. The molecule has 1 unspecified atom stereocenters. The van der Waals surface area contributed by atoms with Crippen LogP contribution in [0.5, 0.6) is 0 Å². The van der Waals surface area contributed by atoms with E-state index >= 15 is 0 Å². The molecule has 3 rings (SSSR count). The molecule has 1 amide bonds. The van der Waals surface area contributed by atoms with Gasteiger partial charge in [0.15, 0.2) is 5.82 Å². The summed E-state index contributed by atoms with van der Waals surface area (Å²) in [5.74, 6) is 0.361. The molecule has 0 saturated carbocycles. The average molecular weight is 422 g/mol. The predicted octanol–water partition coefficient (Wildman–Crippen LogP) is 2.17. The van der Waals surface area contributed by atoms with Crippen molar-refractivity contribution in [3.8, 4) is 0 Å². The summed E-state index contributed by atoms with van der Waals surface area (Å²) in [5.41, 5.74) is 12.4. The molecule has 0 spiro atoms. The van der Waals surface area contributed by atoms with E-state index in [1.54, 1.807) is 9.80 Å². The van der Waals surface area contributed by atoms with Crippen molar-refractivity contribution >= 4 is 29.0 Å². The average Bonchev–Trinajstić information content (AvgIpc) is 2.73. The summed E-state index contributed by atoms with van der Waals surface area (Å²) in [6, 6.07) is -0.0212. The monoisotopic (exact) mass is 421 g/mol. The number of allylic oxidation sites excluding steroid dienone is 2. The van der Waals surface area contributed by atoms with Crippen molar-refractivity contribution in [1.82, 2.24) is 19.8 Å². The third-order valence-electron chi connectivity index (χ3n) is 4.94. The molecule has 3 heterocycles. The van der Waals surface area contributed by atoms with Gasteiger partial charge in [-0.15, -0.1) is 0 Å². The van der Waals surface area contributed by atoms with Crippen LogP contribution >= 0.6 is 11.6 Å². The van der Waals surface area contributed by atoms with Gasteiger partial charge in [0.1, 0.15) is 22.4 Å². The number of carbonyl (C=O) groups is 1. The molecule has 5 N–H and O–H groups in total. The second-order valence-electron chi connectivity index (χ2n) is 6.98. The van der Waals surface area contributed by atoms with Crippen molar-refractivity contribution < 1.29 is 9.18 Å². The van der Waals surface area contributed by atoms with E-state index in [1.165, 1.54) is 18.6 Å². The van der Waals surface area contributed by atoms with Gasteiger partial charge >= 0.3 is 0 Å². The molecule has 10 heteroatoms. The Morgan fingerprint density at radius 2 is 2.28 bits per heavy atom. The summed E-state index contributed by atoms with van der Waals surface area (Å²) in [5, 5.41) is 3.62. The molecular formula is C19H25ClFN7O. The van der Waals surface area contributed by atoms with Gasteiger partial charge in [0.25, 0.3) is 0 Å².